The minimum absolute atomic E-state index is 0.0974. The molecule has 14 heteroatoms. The monoisotopic (exact) mass is 723 g/mol. The van der Waals surface area contributed by atoms with Gasteiger partial charge >= 0.3 is 17.1 Å². The van der Waals surface area contributed by atoms with Gasteiger partial charge in [0.05, 0.1) is 24.4 Å². The zero-order valence-electron chi connectivity index (χ0n) is 29.8. The molecule has 0 spiro atoms. The maximum atomic E-state index is 11.7. The number of nitrogens with zero attached hydrogens (tertiary/aromatic N) is 4. The zero-order chi connectivity index (χ0) is 34.2. The number of rotatable bonds is 9. The van der Waals surface area contributed by atoms with Gasteiger partial charge in [0.25, 0.3) is 0 Å². The molecule has 1 N–H and O–H groups in total. The molecule has 0 aliphatic carbocycles. The van der Waals surface area contributed by atoms with Crippen molar-refractivity contribution in [3.63, 3.8) is 0 Å². The van der Waals surface area contributed by atoms with Crippen LogP contribution >= 0.6 is 23.4 Å². The lowest BCUT2D eigenvalue weighted by molar-refractivity contribution is -0.114. The number of amides is 1. The van der Waals surface area contributed by atoms with Gasteiger partial charge in [0.1, 0.15) is 18.3 Å². The summed E-state index contributed by atoms with van der Waals surface area (Å²) in [5.74, 6) is 3.81. The summed E-state index contributed by atoms with van der Waals surface area (Å²) >= 11 is 8.57. The summed E-state index contributed by atoms with van der Waals surface area (Å²) in [6.45, 7) is 26.8. The Morgan fingerprint density at radius 1 is 1.07 bits per heavy atom. The van der Waals surface area contributed by atoms with Crippen LogP contribution in [0.25, 0.3) is 11.2 Å². The van der Waals surface area contributed by atoms with Crippen molar-refractivity contribution in [3.05, 3.63) is 11.5 Å². The Bertz CT molecular complexity index is 1450. The highest BCUT2D eigenvalue weighted by Gasteiger charge is 2.63. The third kappa shape index (κ3) is 6.79. The first-order valence-electron chi connectivity index (χ1n) is 17.0. The lowest BCUT2D eigenvalue weighted by Gasteiger charge is -2.52. The molecule has 2 aliphatic rings. The molecule has 1 unspecified atom stereocenters. The van der Waals surface area contributed by atoms with Crippen LogP contribution in [-0.2, 0) is 17.8 Å². The molecule has 0 aromatic carbocycles. The summed E-state index contributed by atoms with van der Waals surface area (Å²) in [6.07, 6.45) is 2.25. The van der Waals surface area contributed by atoms with Crippen molar-refractivity contribution in [1.29, 1.82) is 0 Å². The van der Waals surface area contributed by atoms with Crippen LogP contribution in [0.3, 0.4) is 0 Å². The van der Waals surface area contributed by atoms with Gasteiger partial charge in [0, 0.05) is 13.3 Å². The van der Waals surface area contributed by atoms with Gasteiger partial charge in [-0.25, -0.2) is 4.98 Å². The zero-order valence-corrected chi connectivity index (χ0v) is 34.4. The fourth-order valence-corrected chi connectivity index (χ4v) is 23.0. The molecule has 2 aliphatic heterocycles. The van der Waals surface area contributed by atoms with E-state index in [2.05, 4.69) is 112 Å². The second-order valence-electron chi connectivity index (χ2n) is 14.2. The number of imidazole rings is 1. The van der Waals surface area contributed by atoms with E-state index in [9.17, 15) is 4.79 Å². The molecule has 256 valence electrons. The van der Waals surface area contributed by atoms with Crippen LogP contribution in [0.2, 0.25) is 45.5 Å². The van der Waals surface area contributed by atoms with Crippen molar-refractivity contribution in [2.45, 2.75) is 146 Å². The molecule has 1 amide bonds. The van der Waals surface area contributed by atoms with E-state index in [1.807, 2.05) is 11.8 Å². The molecule has 2 aromatic heterocycles. The molecule has 3 atom stereocenters. The first-order valence-corrected chi connectivity index (χ1v) is 24.8. The van der Waals surface area contributed by atoms with E-state index in [-0.39, 0.29) is 50.7 Å². The molecule has 2 fully saturated rings. The van der Waals surface area contributed by atoms with E-state index in [0.717, 1.165) is 18.1 Å². The Hall–Kier alpha value is -1.25. The first-order chi connectivity index (χ1) is 21.5. The van der Waals surface area contributed by atoms with E-state index in [1.54, 1.807) is 6.33 Å². The van der Waals surface area contributed by atoms with Crippen LogP contribution in [0.15, 0.2) is 6.33 Å². The lowest BCUT2D eigenvalue weighted by Crippen LogP contribution is -2.66. The van der Waals surface area contributed by atoms with Crippen LogP contribution in [0.1, 0.15) is 94.9 Å². The van der Waals surface area contributed by atoms with Crippen molar-refractivity contribution >= 4 is 71.6 Å². The van der Waals surface area contributed by atoms with Gasteiger partial charge < -0.3 is 17.5 Å². The number of anilines is 1. The van der Waals surface area contributed by atoms with Crippen molar-refractivity contribution in [1.82, 2.24) is 19.5 Å². The van der Waals surface area contributed by atoms with Gasteiger partial charge in [0.2, 0.25) is 11.9 Å². The number of halogens is 1. The predicted molar refractivity (Wildman–Crippen MR) is 197 cm³/mol. The van der Waals surface area contributed by atoms with Crippen LogP contribution in [0.5, 0.6) is 0 Å². The largest absolute Gasteiger partial charge is 0.414 e. The molecule has 0 saturated carbocycles. The first kappa shape index (κ1) is 37.6. The number of fused-ring (bicyclic) bond motifs is 2. The van der Waals surface area contributed by atoms with E-state index in [1.165, 1.54) is 6.92 Å². The Morgan fingerprint density at radius 2 is 1.65 bits per heavy atom. The van der Waals surface area contributed by atoms with E-state index in [4.69, 9.17) is 24.6 Å². The van der Waals surface area contributed by atoms with Gasteiger partial charge in [-0.2, -0.15) is 9.97 Å². The maximum absolute atomic E-state index is 11.7. The van der Waals surface area contributed by atoms with Gasteiger partial charge in [0.15, 0.2) is 10.8 Å². The van der Waals surface area contributed by atoms with Crippen LogP contribution in [0, 0.1) is 11.5 Å². The Balaban J connectivity index is 1.94. The summed E-state index contributed by atoms with van der Waals surface area (Å²) < 4.78 is 23.9. The third-order valence-corrected chi connectivity index (χ3v) is 27.0. The highest BCUT2D eigenvalue weighted by molar-refractivity contribution is 8.01. The third-order valence-electron chi connectivity index (χ3n) is 10.2. The molecule has 0 bridgehead atoms. The number of hydrogen-bond acceptors (Lipinski definition) is 8. The van der Waals surface area contributed by atoms with Crippen molar-refractivity contribution in [2.24, 2.45) is 0 Å². The smallest absolute Gasteiger partial charge is 0.335 e. The van der Waals surface area contributed by atoms with E-state index >= 15 is 0 Å². The Morgan fingerprint density at radius 3 is 2.17 bits per heavy atom. The second kappa shape index (κ2) is 14.3. The molecule has 4 rings (SSSR count). The summed E-state index contributed by atoms with van der Waals surface area (Å²) in [6, 6.07) is 3.36. The predicted octanol–water partition coefficient (Wildman–Crippen LogP) is 8.82. The standard InChI is InChI=1S/C32H54ClN5O4SSi3/c1-13-44(14-2,15-3)17-16-32-19-40-45(21(4)5,22(6)7)42-46(23(8)9,24(10)11)41-26(32)18-27(43-32)38-20-34-30-28(38)29(33)36-31(37-30)35-25(12)39/h20-24,26-27H,13-15,18-19H2,1-12H3,(H,35,36,37,39)/t26-,27?,32+/m0/s1. The molecular formula is C32H54ClN5O4SSi3. The normalized spacial score (nSPS) is 24.6. The van der Waals surface area contributed by atoms with Gasteiger partial charge in [-0.3, -0.25) is 10.1 Å². The number of carbonyl (C=O) groups excluding carboxylic acids is 1. The number of aromatic nitrogens is 4. The lowest BCUT2D eigenvalue weighted by atomic mass is 10.0. The number of hydrogen-bond donors (Lipinski definition) is 1. The number of carbonyl (C=O) groups is 1. The van der Waals surface area contributed by atoms with Gasteiger partial charge in [-0.05, 0) is 40.3 Å². The summed E-state index contributed by atoms with van der Waals surface area (Å²) in [5.41, 5.74) is 5.93. The molecule has 9 nitrogen and oxygen atoms in total. The minimum atomic E-state index is -2.86. The minimum Gasteiger partial charge on any atom is -0.414 e. The van der Waals surface area contributed by atoms with Crippen molar-refractivity contribution < 1.29 is 17.8 Å². The van der Waals surface area contributed by atoms with E-state index < -0.39 is 29.9 Å². The molecule has 2 aromatic rings. The maximum Gasteiger partial charge on any atom is 0.335 e. The average Bonchev–Trinajstić information content (AvgIpc) is 3.55. The average molecular weight is 725 g/mol. The molecule has 0 radical (unpaired) electrons. The van der Waals surface area contributed by atoms with Crippen LogP contribution in [-0.4, -0.2) is 68.1 Å². The van der Waals surface area contributed by atoms with Gasteiger partial charge in [-0.15, -0.1) is 17.3 Å². The number of thioether (sulfide) groups is 1. The fraction of sp³-hybridized carbons (Fsp3) is 0.750. The molecule has 2 saturated heterocycles. The van der Waals surface area contributed by atoms with Crippen molar-refractivity contribution in [3.8, 4) is 11.5 Å². The molecular weight excluding hydrogens is 670 g/mol. The SMILES string of the molecule is CC[Si](C#C[C@@]12CO[Si](C(C)C)(C(C)C)O[Si](C(C)C)(C(C)C)O[C@H]1CC(n1cnc3nc(NC(C)=O)nc(Cl)c31)S2)(CC)CC. The summed E-state index contributed by atoms with van der Waals surface area (Å²) in [7, 11) is -7.44. The highest BCUT2D eigenvalue weighted by Crippen LogP contribution is 2.57. The van der Waals surface area contributed by atoms with E-state index in [0.29, 0.717) is 24.2 Å². The quantitative estimate of drug-likeness (QED) is 0.156. The number of nitrogens with one attached hydrogen (secondary N) is 1. The summed E-state index contributed by atoms with van der Waals surface area (Å²) in [4.78, 5) is 25.1. The summed E-state index contributed by atoms with van der Waals surface area (Å²) in [5, 5.41) is 2.77. The van der Waals surface area contributed by atoms with Crippen molar-refractivity contribution in [2.75, 3.05) is 11.9 Å². The molecule has 46 heavy (non-hydrogen) atoms. The molecule has 4 heterocycles. The highest BCUT2D eigenvalue weighted by atomic mass is 35.5. The van der Waals surface area contributed by atoms with Crippen LogP contribution in [0.4, 0.5) is 5.95 Å². The Labute approximate surface area is 288 Å². The fourth-order valence-electron chi connectivity index (χ4n) is 7.07. The van der Waals surface area contributed by atoms with Crippen LogP contribution < -0.4 is 5.32 Å². The topological polar surface area (TPSA) is 100 Å². The second-order valence-corrected chi connectivity index (χ2v) is 29.8. The van der Waals surface area contributed by atoms with Gasteiger partial charge in [-0.1, -0.05) is 93.7 Å². The Kier molecular flexibility index (Phi) is 11.7.